The molecule has 0 heterocycles. The molecule has 1 aromatic carbocycles. The Morgan fingerprint density at radius 3 is 2.77 bits per heavy atom. The van der Waals surface area contributed by atoms with Gasteiger partial charge in [0.2, 0.25) is 0 Å². The molecule has 13 heavy (non-hydrogen) atoms. The third-order valence-corrected chi connectivity index (χ3v) is 3.24. The molecule has 4 heteroatoms. The van der Waals surface area contributed by atoms with Gasteiger partial charge in [-0.25, -0.2) is 4.39 Å². The summed E-state index contributed by atoms with van der Waals surface area (Å²) in [6.07, 6.45) is 1.60. The molecular weight excluding hydrogens is 212 g/mol. The van der Waals surface area contributed by atoms with Crippen molar-refractivity contribution in [1.29, 1.82) is 0 Å². The number of fused-ring (bicyclic) bond motifs is 1. The number of aryl methyl sites for hydroxylation is 1. The van der Waals surface area contributed by atoms with Crippen molar-refractivity contribution < 1.29 is 4.39 Å². The van der Waals surface area contributed by atoms with E-state index in [-0.39, 0.29) is 16.1 Å². The Balaban J connectivity index is 2.68. The predicted molar refractivity (Wildman–Crippen MR) is 51.7 cm³/mol. The molecule has 0 saturated heterocycles. The van der Waals surface area contributed by atoms with Crippen LogP contribution in [0.4, 0.5) is 4.39 Å². The van der Waals surface area contributed by atoms with Gasteiger partial charge in [0.05, 0.1) is 10.0 Å². The zero-order valence-corrected chi connectivity index (χ0v) is 8.29. The van der Waals surface area contributed by atoms with Gasteiger partial charge in [0.1, 0.15) is 5.82 Å². The summed E-state index contributed by atoms with van der Waals surface area (Å²) in [5.74, 6) is -0.459. The van der Waals surface area contributed by atoms with Crippen LogP contribution >= 0.6 is 23.2 Å². The van der Waals surface area contributed by atoms with Crippen molar-refractivity contribution in [3.63, 3.8) is 0 Å². The topological polar surface area (TPSA) is 26.0 Å². The average Bonchev–Trinajstić information content (AvgIpc) is 2.43. The van der Waals surface area contributed by atoms with Gasteiger partial charge in [-0.15, -0.1) is 0 Å². The van der Waals surface area contributed by atoms with Crippen molar-refractivity contribution in [2.45, 2.75) is 18.9 Å². The standard InChI is InChI=1S/C9H8Cl2FN/c10-8-5(12)3-4-1-2-6(13)7(4)9(8)11/h3,6H,1-2,13H2/t6-/m0/s1. The highest BCUT2D eigenvalue weighted by molar-refractivity contribution is 6.42. The lowest BCUT2D eigenvalue weighted by atomic mass is 10.1. The van der Waals surface area contributed by atoms with Gasteiger partial charge in [-0.1, -0.05) is 23.2 Å². The van der Waals surface area contributed by atoms with Crippen molar-refractivity contribution >= 4 is 23.2 Å². The monoisotopic (exact) mass is 219 g/mol. The Labute approximate surface area is 85.6 Å². The summed E-state index contributed by atoms with van der Waals surface area (Å²) in [4.78, 5) is 0. The molecule has 0 fully saturated rings. The molecule has 0 amide bonds. The van der Waals surface area contributed by atoms with Crippen molar-refractivity contribution in [1.82, 2.24) is 0 Å². The summed E-state index contributed by atoms with van der Waals surface area (Å²) in [5, 5.41) is 0.263. The molecule has 1 aliphatic carbocycles. The summed E-state index contributed by atoms with van der Waals surface area (Å²) >= 11 is 11.6. The van der Waals surface area contributed by atoms with Crippen LogP contribution in [0.5, 0.6) is 0 Å². The first-order valence-corrected chi connectivity index (χ1v) is 4.78. The number of hydrogen-bond donors (Lipinski definition) is 1. The highest BCUT2D eigenvalue weighted by Crippen LogP contribution is 2.40. The molecule has 0 radical (unpaired) electrons. The summed E-state index contributed by atoms with van der Waals surface area (Å²) in [6, 6.07) is 1.33. The number of hydrogen-bond acceptors (Lipinski definition) is 1. The molecule has 0 saturated carbocycles. The fourth-order valence-corrected chi connectivity index (χ4v) is 2.23. The first-order valence-electron chi connectivity index (χ1n) is 4.03. The van der Waals surface area contributed by atoms with Crippen LogP contribution in [-0.2, 0) is 6.42 Å². The first-order chi connectivity index (χ1) is 6.11. The maximum Gasteiger partial charge on any atom is 0.143 e. The van der Waals surface area contributed by atoms with Crippen LogP contribution < -0.4 is 5.73 Å². The maximum atomic E-state index is 13.1. The third-order valence-electron chi connectivity index (χ3n) is 2.38. The fraction of sp³-hybridized carbons (Fsp3) is 0.333. The molecular formula is C9H8Cl2FN. The van der Waals surface area contributed by atoms with Crippen LogP contribution in [0, 0.1) is 5.82 Å². The lowest BCUT2D eigenvalue weighted by Gasteiger charge is -2.09. The Morgan fingerprint density at radius 2 is 2.08 bits per heavy atom. The van der Waals surface area contributed by atoms with E-state index in [1.807, 2.05) is 0 Å². The maximum absolute atomic E-state index is 13.1. The zero-order chi connectivity index (χ0) is 9.59. The van der Waals surface area contributed by atoms with Gasteiger partial charge >= 0.3 is 0 Å². The van der Waals surface area contributed by atoms with E-state index in [4.69, 9.17) is 28.9 Å². The highest BCUT2D eigenvalue weighted by atomic mass is 35.5. The van der Waals surface area contributed by atoms with E-state index in [2.05, 4.69) is 0 Å². The first kappa shape index (κ1) is 9.25. The Morgan fingerprint density at radius 1 is 1.38 bits per heavy atom. The smallest absolute Gasteiger partial charge is 0.143 e. The Bertz CT molecular complexity index is 365. The quantitative estimate of drug-likeness (QED) is 0.668. The average molecular weight is 220 g/mol. The highest BCUT2D eigenvalue weighted by Gasteiger charge is 2.25. The van der Waals surface area contributed by atoms with Crippen LogP contribution in [0.3, 0.4) is 0 Å². The minimum Gasteiger partial charge on any atom is -0.324 e. The number of halogens is 3. The van der Waals surface area contributed by atoms with Crippen LogP contribution in [0.2, 0.25) is 10.0 Å². The largest absolute Gasteiger partial charge is 0.324 e. The van der Waals surface area contributed by atoms with Crippen LogP contribution in [-0.4, -0.2) is 0 Å². The van der Waals surface area contributed by atoms with Crippen LogP contribution in [0.1, 0.15) is 23.6 Å². The van der Waals surface area contributed by atoms with Gasteiger partial charge in [0, 0.05) is 6.04 Å². The SMILES string of the molecule is N[C@H]1CCc2cc(F)c(Cl)c(Cl)c21. The van der Waals surface area contributed by atoms with Crippen LogP contribution in [0.25, 0.3) is 0 Å². The lowest BCUT2D eigenvalue weighted by molar-refractivity contribution is 0.626. The summed E-state index contributed by atoms with van der Waals surface area (Å²) in [5.41, 5.74) is 7.50. The van der Waals surface area contributed by atoms with E-state index in [1.54, 1.807) is 0 Å². The van der Waals surface area contributed by atoms with Crippen LogP contribution in [0.15, 0.2) is 6.07 Å². The fourth-order valence-electron chi connectivity index (χ4n) is 1.72. The molecule has 1 atom stereocenters. The summed E-state index contributed by atoms with van der Waals surface area (Å²) < 4.78 is 13.1. The second kappa shape index (κ2) is 3.12. The number of rotatable bonds is 0. The van der Waals surface area contributed by atoms with Crippen molar-refractivity contribution in [2.75, 3.05) is 0 Å². The molecule has 2 N–H and O–H groups in total. The van der Waals surface area contributed by atoms with E-state index in [9.17, 15) is 4.39 Å². The third kappa shape index (κ3) is 1.33. The second-order valence-corrected chi connectivity index (χ2v) is 3.96. The van der Waals surface area contributed by atoms with Gasteiger partial charge in [0.25, 0.3) is 0 Å². The van der Waals surface area contributed by atoms with Gasteiger partial charge in [-0.2, -0.15) is 0 Å². The molecule has 0 aromatic heterocycles. The second-order valence-electron chi connectivity index (χ2n) is 3.20. The van der Waals surface area contributed by atoms with E-state index < -0.39 is 5.82 Å². The van der Waals surface area contributed by atoms with Gasteiger partial charge in [-0.05, 0) is 30.0 Å². The predicted octanol–water partition coefficient (Wildman–Crippen LogP) is 3.08. The minimum absolute atomic E-state index is 0.0160. The lowest BCUT2D eigenvalue weighted by Crippen LogP contribution is -2.06. The molecule has 1 aliphatic rings. The molecule has 0 spiro atoms. The molecule has 0 bridgehead atoms. The normalized spacial score (nSPS) is 20.5. The van der Waals surface area contributed by atoms with Crippen molar-refractivity contribution in [2.24, 2.45) is 5.73 Å². The Kier molecular flexibility index (Phi) is 2.22. The summed E-state index contributed by atoms with van der Waals surface area (Å²) in [7, 11) is 0. The molecule has 1 nitrogen and oxygen atoms in total. The molecule has 0 unspecified atom stereocenters. The number of nitrogens with two attached hydrogens (primary N) is 1. The molecule has 1 aromatic rings. The number of benzene rings is 1. The summed E-state index contributed by atoms with van der Waals surface area (Å²) in [6.45, 7) is 0. The van der Waals surface area contributed by atoms with Gasteiger partial charge < -0.3 is 5.73 Å². The van der Waals surface area contributed by atoms with Crippen molar-refractivity contribution in [3.05, 3.63) is 33.1 Å². The molecule has 0 aliphatic heterocycles. The van der Waals surface area contributed by atoms with Gasteiger partial charge in [-0.3, -0.25) is 0 Å². The van der Waals surface area contributed by atoms with E-state index in [0.29, 0.717) is 0 Å². The van der Waals surface area contributed by atoms with Gasteiger partial charge in [0.15, 0.2) is 0 Å². The van der Waals surface area contributed by atoms with E-state index in [1.165, 1.54) is 6.07 Å². The molecule has 2 rings (SSSR count). The van der Waals surface area contributed by atoms with Crippen molar-refractivity contribution in [3.8, 4) is 0 Å². The van der Waals surface area contributed by atoms with E-state index in [0.717, 1.165) is 24.0 Å². The minimum atomic E-state index is -0.459. The zero-order valence-electron chi connectivity index (χ0n) is 6.78. The molecule has 70 valence electrons. The van der Waals surface area contributed by atoms with E-state index >= 15 is 0 Å². The Hall–Kier alpha value is -0.310.